The second kappa shape index (κ2) is 8.37. The van der Waals surface area contributed by atoms with Crippen LogP contribution >= 0.6 is 39.1 Å². The molecule has 0 aliphatic carbocycles. The summed E-state index contributed by atoms with van der Waals surface area (Å²) < 4.78 is 47.2. The highest BCUT2D eigenvalue weighted by Gasteiger charge is 2.63. The van der Waals surface area contributed by atoms with Gasteiger partial charge in [0.2, 0.25) is 0 Å². The minimum Gasteiger partial charge on any atom is -0.479 e. The maximum atomic E-state index is 13.7. The number of hydrogen-bond acceptors (Lipinski definition) is 4. The first-order chi connectivity index (χ1) is 13.9. The van der Waals surface area contributed by atoms with Crippen LogP contribution in [0.1, 0.15) is 18.9 Å². The van der Waals surface area contributed by atoms with Gasteiger partial charge in [-0.1, -0.05) is 51.3 Å². The van der Waals surface area contributed by atoms with E-state index in [1.165, 1.54) is 37.3 Å². The summed E-state index contributed by atoms with van der Waals surface area (Å²) in [6.45, 7) is 1.23. The molecule has 2 atom stereocenters. The van der Waals surface area contributed by atoms with Gasteiger partial charge in [-0.05, 0) is 42.8 Å². The van der Waals surface area contributed by atoms with Gasteiger partial charge in [-0.3, -0.25) is 4.79 Å². The Balaban J connectivity index is 1.93. The summed E-state index contributed by atoms with van der Waals surface area (Å²) in [6.07, 6.45) is -7.51. The van der Waals surface area contributed by atoms with Gasteiger partial charge in [0.05, 0.1) is 17.2 Å². The zero-order valence-corrected chi connectivity index (χ0v) is 18.3. The van der Waals surface area contributed by atoms with E-state index >= 15 is 0 Å². The molecule has 1 aliphatic rings. The highest BCUT2D eigenvalue weighted by molar-refractivity contribution is 9.10. The standard InChI is InChI=1S/C19H14BrCl2F3N2O3/c1-10(30-16-6-5-13(21)8-14(16)22)17(28)27-18(29,19(23,24)25)9-15(26-27)11-3-2-4-12(20)7-11/h2-8,10,29H,9H2,1H3/t10-,18+/m0/s1. The van der Waals surface area contributed by atoms with Gasteiger partial charge in [-0.25, -0.2) is 0 Å². The van der Waals surface area contributed by atoms with Crippen molar-refractivity contribution in [3.05, 3.63) is 62.5 Å². The fourth-order valence-electron chi connectivity index (χ4n) is 2.81. The smallest absolute Gasteiger partial charge is 0.438 e. The van der Waals surface area contributed by atoms with Crippen LogP contribution in [0.3, 0.4) is 0 Å². The van der Waals surface area contributed by atoms with E-state index in [0.29, 0.717) is 15.1 Å². The summed E-state index contributed by atoms with van der Waals surface area (Å²) in [7, 11) is 0. The van der Waals surface area contributed by atoms with Crippen LogP contribution in [-0.2, 0) is 4.79 Å². The number of halogens is 6. The van der Waals surface area contributed by atoms with Crippen LogP contribution in [0.2, 0.25) is 10.0 Å². The van der Waals surface area contributed by atoms with E-state index in [1.807, 2.05) is 0 Å². The number of carbonyl (C=O) groups excluding carboxylic acids is 1. The maximum Gasteiger partial charge on any atom is 0.438 e. The first kappa shape index (κ1) is 22.9. The van der Waals surface area contributed by atoms with E-state index in [9.17, 15) is 23.1 Å². The largest absolute Gasteiger partial charge is 0.479 e. The number of hydrogen-bond donors (Lipinski definition) is 1. The molecule has 0 bridgehead atoms. The molecule has 5 nitrogen and oxygen atoms in total. The number of alkyl halides is 3. The van der Waals surface area contributed by atoms with E-state index in [0.717, 1.165) is 0 Å². The molecule has 1 heterocycles. The monoisotopic (exact) mass is 524 g/mol. The number of aliphatic hydroxyl groups is 1. The van der Waals surface area contributed by atoms with Crippen LogP contribution in [0.25, 0.3) is 0 Å². The van der Waals surface area contributed by atoms with E-state index < -0.39 is 30.3 Å². The van der Waals surface area contributed by atoms with E-state index in [1.54, 1.807) is 12.1 Å². The lowest BCUT2D eigenvalue weighted by Gasteiger charge is -2.33. The second-order valence-corrected chi connectivity index (χ2v) is 8.29. The number of carbonyl (C=O) groups is 1. The van der Waals surface area contributed by atoms with Crippen molar-refractivity contribution in [2.75, 3.05) is 0 Å². The zero-order valence-electron chi connectivity index (χ0n) is 15.3. The van der Waals surface area contributed by atoms with Crippen LogP contribution in [0.5, 0.6) is 5.75 Å². The van der Waals surface area contributed by atoms with Gasteiger partial charge >= 0.3 is 6.18 Å². The number of amides is 1. The van der Waals surface area contributed by atoms with Crippen molar-refractivity contribution in [1.82, 2.24) is 5.01 Å². The summed E-state index contributed by atoms with van der Waals surface area (Å²) >= 11 is 15.0. The average Bonchev–Trinajstić information content (AvgIpc) is 3.02. The quantitative estimate of drug-likeness (QED) is 0.580. The third-order valence-corrected chi connectivity index (χ3v) is 5.37. The topological polar surface area (TPSA) is 62.1 Å². The fraction of sp³-hybridized carbons (Fsp3) is 0.263. The number of ether oxygens (including phenoxy) is 1. The number of nitrogens with zero attached hydrogens (tertiary/aromatic N) is 2. The van der Waals surface area contributed by atoms with Gasteiger partial charge < -0.3 is 9.84 Å². The molecule has 0 fully saturated rings. The van der Waals surface area contributed by atoms with Crippen molar-refractivity contribution in [2.24, 2.45) is 5.10 Å². The molecule has 30 heavy (non-hydrogen) atoms. The van der Waals surface area contributed by atoms with Crippen molar-refractivity contribution < 1.29 is 27.8 Å². The van der Waals surface area contributed by atoms with Gasteiger partial charge in [0, 0.05) is 9.50 Å². The minimum atomic E-state index is -5.16. The second-order valence-electron chi connectivity index (χ2n) is 6.53. The Hall–Kier alpha value is -1.81. The third kappa shape index (κ3) is 4.44. The Kier molecular flexibility index (Phi) is 6.38. The van der Waals surface area contributed by atoms with Crippen LogP contribution in [0.4, 0.5) is 13.2 Å². The first-order valence-corrected chi connectivity index (χ1v) is 10.1. The van der Waals surface area contributed by atoms with Gasteiger partial charge in [0.1, 0.15) is 5.75 Å². The summed E-state index contributed by atoms with van der Waals surface area (Å²) in [6, 6.07) is 10.5. The van der Waals surface area contributed by atoms with Crippen molar-refractivity contribution in [2.45, 2.75) is 31.3 Å². The van der Waals surface area contributed by atoms with Crippen LogP contribution in [-0.4, -0.2) is 39.7 Å². The average molecular weight is 526 g/mol. The summed E-state index contributed by atoms with van der Waals surface area (Å²) in [5.41, 5.74) is -3.28. The molecular weight excluding hydrogens is 512 g/mol. The Morgan fingerprint density at radius 3 is 2.60 bits per heavy atom. The predicted octanol–water partition coefficient (Wildman–Crippen LogP) is 5.41. The molecule has 0 aromatic heterocycles. The fourth-order valence-corrected chi connectivity index (χ4v) is 3.66. The summed E-state index contributed by atoms with van der Waals surface area (Å²) in [4.78, 5) is 12.8. The van der Waals surface area contributed by atoms with E-state index in [2.05, 4.69) is 21.0 Å². The predicted molar refractivity (Wildman–Crippen MR) is 110 cm³/mol. The van der Waals surface area contributed by atoms with Crippen LogP contribution in [0, 0.1) is 0 Å². The summed E-state index contributed by atoms with van der Waals surface area (Å²) in [5, 5.41) is 14.6. The maximum absolute atomic E-state index is 13.7. The Morgan fingerprint density at radius 2 is 2.00 bits per heavy atom. The summed E-state index contributed by atoms with van der Waals surface area (Å²) in [5.74, 6) is -1.14. The highest BCUT2D eigenvalue weighted by Crippen LogP contribution is 2.42. The molecule has 0 spiro atoms. The molecule has 0 radical (unpaired) electrons. The van der Waals surface area contributed by atoms with Gasteiger partial charge in [-0.2, -0.15) is 23.3 Å². The Bertz CT molecular complexity index is 1020. The number of hydrazone groups is 1. The van der Waals surface area contributed by atoms with Crippen molar-refractivity contribution in [3.8, 4) is 5.75 Å². The molecule has 1 amide bonds. The molecule has 3 rings (SSSR count). The normalized spacial score (nSPS) is 20.1. The Morgan fingerprint density at radius 1 is 1.30 bits per heavy atom. The highest BCUT2D eigenvalue weighted by atomic mass is 79.9. The molecule has 160 valence electrons. The van der Waals surface area contributed by atoms with Crippen molar-refractivity contribution in [1.29, 1.82) is 0 Å². The first-order valence-electron chi connectivity index (χ1n) is 8.50. The molecule has 0 saturated heterocycles. The molecule has 0 unspecified atom stereocenters. The van der Waals surface area contributed by atoms with Crippen LogP contribution in [0.15, 0.2) is 52.0 Å². The van der Waals surface area contributed by atoms with E-state index in [4.69, 9.17) is 27.9 Å². The molecule has 2 aromatic rings. The molecule has 2 aromatic carbocycles. The van der Waals surface area contributed by atoms with Crippen molar-refractivity contribution >= 4 is 50.8 Å². The van der Waals surface area contributed by atoms with Crippen molar-refractivity contribution in [3.63, 3.8) is 0 Å². The molecule has 1 N–H and O–H groups in total. The molecule has 0 saturated carbocycles. The lowest BCUT2D eigenvalue weighted by molar-refractivity contribution is -0.303. The van der Waals surface area contributed by atoms with E-state index in [-0.39, 0.29) is 21.5 Å². The lowest BCUT2D eigenvalue weighted by atomic mass is 10.0. The molecule has 1 aliphatic heterocycles. The van der Waals surface area contributed by atoms with Gasteiger partial charge in [0.15, 0.2) is 6.10 Å². The SMILES string of the molecule is C[C@H](Oc1ccc(Cl)cc1Cl)C(=O)N1N=C(c2cccc(Br)c2)C[C@@]1(O)C(F)(F)F. The zero-order chi connectivity index (χ0) is 22.3. The minimum absolute atomic E-state index is 0.0255. The van der Waals surface area contributed by atoms with Gasteiger partial charge in [0.25, 0.3) is 11.6 Å². The van der Waals surface area contributed by atoms with Crippen LogP contribution < -0.4 is 4.74 Å². The van der Waals surface area contributed by atoms with Gasteiger partial charge in [-0.15, -0.1) is 0 Å². The number of benzene rings is 2. The number of rotatable bonds is 4. The molecule has 11 heteroatoms. The lowest BCUT2D eigenvalue weighted by Crippen LogP contribution is -2.58. The third-order valence-electron chi connectivity index (χ3n) is 4.35. The Labute approximate surface area is 188 Å². The molecular formula is C19H14BrCl2F3N2O3.